The quantitative estimate of drug-likeness (QED) is 0.633. The molecule has 1 aromatic carbocycles. The minimum Gasteiger partial charge on any atom is -0.487 e. The number of carbonyl (C=O) groups excluding carboxylic acids is 1. The molecule has 0 saturated heterocycles. The first-order valence-corrected chi connectivity index (χ1v) is 12.7. The van der Waals surface area contributed by atoms with Gasteiger partial charge in [0.1, 0.15) is 23.1 Å². The topological polar surface area (TPSA) is 125 Å². The van der Waals surface area contributed by atoms with Gasteiger partial charge in [-0.1, -0.05) is 13.0 Å². The first-order chi connectivity index (χ1) is 16.0. The molecule has 2 amide bonds. The van der Waals surface area contributed by atoms with E-state index in [2.05, 4.69) is 15.3 Å². The highest BCUT2D eigenvalue weighted by molar-refractivity contribution is 7.89. The van der Waals surface area contributed by atoms with Crippen molar-refractivity contribution in [2.24, 2.45) is 5.92 Å². The maximum absolute atomic E-state index is 13.6. The van der Waals surface area contributed by atoms with Crippen molar-refractivity contribution in [3.8, 4) is 16.9 Å². The van der Waals surface area contributed by atoms with Gasteiger partial charge in [-0.2, -0.15) is 4.31 Å². The van der Waals surface area contributed by atoms with Gasteiger partial charge in [-0.3, -0.25) is 0 Å². The number of nitrogens with zero attached hydrogens (tertiary/aromatic N) is 4. The minimum atomic E-state index is -3.95. The van der Waals surface area contributed by atoms with Crippen molar-refractivity contribution >= 4 is 16.1 Å². The van der Waals surface area contributed by atoms with Gasteiger partial charge in [0.05, 0.1) is 13.2 Å². The summed E-state index contributed by atoms with van der Waals surface area (Å²) in [5.74, 6) is -0.0827. The van der Waals surface area contributed by atoms with Gasteiger partial charge in [0, 0.05) is 49.6 Å². The molecule has 3 rings (SSSR count). The van der Waals surface area contributed by atoms with E-state index in [0.717, 1.165) is 0 Å². The van der Waals surface area contributed by atoms with Crippen LogP contribution in [0, 0.1) is 5.92 Å². The highest BCUT2D eigenvalue weighted by Crippen LogP contribution is 2.36. The van der Waals surface area contributed by atoms with Crippen LogP contribution in [0.3, 0.4) is 0 Å². The third-order valence-electron chi connectivity index (χ3n) is 5.77. The highest BCUT2D eigenvalue weighted by Gasteiger charge is 2.38. The van der Waals surface area contributed by atoms with Crippen LogP contribution in [0.25, 0.3) is 11.1 Å². The van der Waals surface area contributed by atoms with Crippen LogP contribution in [0.4, 0.5) is 4.79 Å². The van der Waals surface area contributed by atoms with Gasteiger partial charge in [-0.25, -0.2) is 23.2 Å². The van der Waals surface area contributed by atoms with Crippen LogP contribution in [-0.2, 0) is 10.0 Å². The summed E-state index contributed by atoms with van der Waals surface area (Å²) in [6, 6.07) is 3.97. The van der Waals surface area contributed by atoms with Crippen molar-refractivity contribution in [2.75, 3.05) is 26.7 Å². The molecule has 1 aromatic heterocycles. The van der Waals surface area contributed by atoms with Gasteiger partial charge in [0.2, 0.25) is 10.0 Å². The summed E-state index contributed by atoms with van der Waals surface area (Å²) in [7, 11) is -2.27. The summed E-state index contributed by atoms with van der Waals surface area (Å²) in [4.78, 5) is 22.1. The van der Waals surface area contributed by atoms with Crippen LogP contribution in [-0.4, -0.2) is 83.7 Å². The predicted molar refractivity (Wildman–Crippen MR) is 128 cm³/mol. The van der Waals surface area contributed by atoms with Crippen LogP contribution in [0.15, 0.2) is 41.8 Å². The molecule has 0 aliphatic carbocycles. The van der Waals surface area contributed by atoms with Crippen molar-refractivity contribution in [3.05, 3.63) is 36.9 Å². The number of carbonyl (C=O) groups is 1. The number of amides is 2. The first kappa shape index (κ1) is 25.9. The maximum atomic E-state index is 13.6. The van der Waals surface area contributed by atoms with Crippen LogP contribution in [0.1, 0.15) is 27.7 Å². The Morgan fingerprint density at radius 3 is 2.56 bits per heavy atom. The zero-order chi connectivity index (χ0) is 25.0. The number of aromatic nitrogens is 2. The Bertz CT molecular complexity index is 1100. The number of ether oxygens (including phenoxy) is 1. The lowest BCUT2D eigenvalue weighted by atomic mass is 10.0. The van der Waals surface area contributed by atoms with E-state index in [4.69, 9.17) is 4.74 Å². The molecular weight excluding hydrogens is 458 g/mol. The fraction of sp³-hybridized carbons (Fsp3) is 0.522. The Kier molecular flexibility index (Phi) is 8.11. The minimum absolute atomic E-state index is 0.0135. The van der Waals surface area contributed by atoms with E-state index < -0.39 is 22.2 Å². The third kappa shape index (κ3) is 5.65. The standard InChI is InChI=1S/C23H33N5O5S/c1-15(2)26-23(30)27(5)12-21-16(3)11-28(17(4)13-29)34(31,32)22-7-6-18(8-20(22)33-21)19-9-24-14-25-10-19/h6-10,14-17,21,29H,11-13H2,1-5H3,(H,26,30)/t16-,17+,21-/m0/s1. The van der Waals surface area contributed by atoms with Crippen LogP contribution in [0.5, 0.6) is 5.75 Å². The molecule has 34 heavy (non-hydrogen) atoms. The lowest BCUT2D eigenvalue weighted by Crippen LogP contribution is -2.51. The predicted octanol–water partition coefficient (Wildman–Crippen LogP) is 1.96. The molecule has 2 aromatic rings. The molecule has 0 spiro atoms. The number of fused-ring (bicyclic) bond motifs is 1. The number of hydrogen-bond acceptors (Lipinski definition) is 7. The van der Waals surface area contributed by atoms with E-state index in [-0.39, 0.29) is 48.3 Å². The average molecular weight is 492 g/mol. The molecule has 2 heterocycles. The van der Waals surface area contributed by atoms with Gasteiger partial charge in [-0.15, -0.1) is 0 Å². The third-order valence-corrected chi connectivity index (χ3v) is 7.79. The van der Waals surface area contributed by atoms with Crippen LogP contribution < -0.4 is 10.1 Å². The van der Waals surface area contributed by atoms with Gasteiger partial charge >= 0.3 is 6.03 Å². The van der Waals surface area contributed by atoms with Crippen molar-refractivity contribution in [1.82, 2.24) is 24.5 Å². The van der Waals surface area contributed by atoms with Gasteiger partial charge in [0.15, 0.2) is 0 Å². The SMILES string of the molecule is CC(C)NC(=O)N(C)C[C@@H]1Oc2cc(-c3cncnc3)ccc2S(=O)(=O)N([C@H](C)CO)C[C@@H]1C. The Hall–Kier alpha value is -2.76. The molecule has 0 saturated carbocycles. The normalized spacial score (nSPS) is 21.0. The molecule has 10 nitrogen and oxygen atoms in total. The number of nitrogens with one attached hydrogen (secondary N) is 1. The average Bonchev–Trinajstić information content (AvgIpc) is 2.80. The Labute approximate surface area is 201 Å². The molecule has 3 atom stereocenters. The van der Waals surface area contributed by atoms with E-state index in [0.29, 0.717) is 11.1 Å². The fourth-order valence-electron chi connectivity index (χ4n) is 3.78. The summed E-state index contributed by atoms with van der Waals surface area (Å²) in [6.45, 7) is 7.38. The van der Waals surface area contributed by atoms with E-state index >= 15 is 0 Å². The molecule has 2 N–H and O–H groups in total. The molecule has 186 valence electrons. The molecule has 11 heteroatoms. The van der Waals surface area contributed by atoms with Crippen molar-refractivity contribution in [2.45, 2.75) is 50.8 Å². The van der Waals surface area contributed by atoms with Gasteiger partial charge < -0.3 is 20.1 Å². The molecule has 0 unspecified atom stereocenters. The zero-order valence-corrected chi connectivity index (χ0v) is 21.0. The van der Waals surface area contributed by atoms with Gasteiger partial charge in [-0.05, 0) is 38.5 Å². The Morgan fingerprint density at radius 1 is 1.26 bits per heavy atom. The van der Waals surface area contributed by atoms with Crippen molar-refractivity contribution in [1.29, 1.82) is 0 Å². The number of hydrogen-bond donors (Lipinski definition) is 2. The molecule has 1 aliphatic heterocycles. The molecule has 1 aliphatic rings. The number of likely N-dealkylation sites (N-methyl/N-ethyl adjacent to an activating group) is 1. The van der Waals surface area contributed by atoms with E-state index in [1.807, 2.05) is 20.8 Å². The largest absolute Gasteiger partial charge is 0.487 e. The van der Waals surface area contributed by atoms with E-state index in [9.17, 15) is 18.3 Å². The number of aliphatic hydroxyl groups is 1. The lowest BCUT2D eigenvalue weighted by Gasteiger charge is -2.37. The number of urea groups is 1. The van der Waals surface area contributed by atoms with Gasteiger partial charge in [0.25, 0.3) is 0 Å². The molecule has 0 bridgehead atoms. The monoisotopic (exact) mass is 491 g/mol. The number of rotatable bonds is 6. The summed E-state index contributed by atoms with van der Waals surface area (Å²) < 4.78 is 34.7. The number of benzene rings is 1. The zero-order valence-electron chi connectivity index (χ0n) is 20.2. The smallest absolute Gasteiger partial charge is 0.317 e. The summed E-state index contributed by atoms with van der Waals surface area (Å²) in [5.41, 5.74) is 1.42. The Morgan fingerprint density at radius 2 is 1.94 bits per heavy atom. The van der Waals surface area contributed by atoms with Crippen molar-refractivity contribution in [3.63, 3.8) is 0 Å². The number of aliphatic hydroxyl groups excluding tert-OH is 1. The Balaban J connectivity index is 2.06. The van der Waals surface area contributed by atoms with E-state index in [1.165, 1.54) is 21.6 Å². The second-order valence-corrected chi connectivity index (χ2v) is 10.9. The summed E-state index contributed by atoms with van der Waals surface area (Å²) >= 11 is 0. The second kappa shape index (κ2) is 10.7. The number of sulfonamides is 1. The van der Waals surface area contributed by atoms with Crippen molar-refractivity contribution < 1.29 is 23.1 Å². The van der Waals surface area contributed by atoms with Crippen LogP contribution >= 0.6 is 0 Å². The van der Waals surface area contributed by atoms with E-state index in [1.54, 1.807) is 38.5 Å². The molecule has 0 fully saturated rings. The molecule has 0 radical (unpaired) electrons. The molecular formula is C23H33N5O5S. The first-order valence-electron chi connectivity index (χ1n) is 11.2. The lowest BCUT2D eigenvalue weighted by molar-refractivity contribution is 0.0810. The highest BCUT2D eigenvalue weighted by atomic mass is 32.2. The second-order valence-electron chi connectivity index (χ2n) is 9.01. The summed E-state index contributed by atoms with van der Waals surface area (Å²) in [5, 5.41) is 12.6. The fourth-order valence-corrected chi connectivity index (χ4v) is 5.61. The summed E-state index contributed by atoms with van der Waals surface area (Å²) in [6.07, 6.45) is 4.20. The van der Waals surface area contributed by atoms with Crippen LogP contribution in [0.2, 0.25) is 0 Å². The maximum Gasteiger partial charge on any atom is 0.317 e.